The number of carboxylic acid groups (broad SMARTS) is 1. The molecule has 0 spiro atoms. The van der Waals surface area contributed by atoms with Gasteiger partial charge in [0.05, 0.1) is 10.5 Å². The molecule has 3 N–H and O–H groups in total. The zero-order valence-corrected chi connectivity index (χ0v) is 12.3. The van der Waals surface area contributed by atoms with E-state index in [9.17, 15) is 22.4 Å². The van der Waals surface area contributed by atoms with E-state index in [1.54, 1.807) is 0 Å². The van der Waals surface area contributed by atoms with E-state index in [-0.39, 0.29) is 24.4 Å². The molecule has 1 rings (SSSR count). The smallest absolute Gasteiger partial charge is 0.335 e. The van der Waals surface area contributed by atoms with Crippen molar-refractivity contribution in [2.24, 2.45) is 0 Å². The van der Waals surface area contributed by atoms with E-state index in [1.807, 2.05) is 0 Å². The van der Waals surface area contributed by atoms with Gasteiger partial charge in [0.1, 0.15) is 5.82 Å². The molecule has 0 aliphatic carbocycles. The number of hydrogen-bond donors (Lipinski definition) is 3. The second kappa shape index (κ2) is 6.64. The largest absolute Gasteiger partial charge is 0.478 e. The normalized spacial score (nSPS) is 11.2. The Morgan fingerprint density at radius 3 is 2.48 bits per heavy atom. The van der Waals surface area contributed by atoms with E-state index in [4.69, 9.17) is 5.11 Å². The predicted molar refractivity (Wildman–Crippen MR) is 72.0 cm³/mol. The summed E-state index contributed by atoms with van der Waals surface area (Å²) >= 11 is 0. The highest BCUT2D eigenvalue weighted by Gasteiger charge is 2.21. The van der Waals surface area contributed by atoms with E-state index in [0.29, 0.717) is 0 Å². The first-order chi connectivity index (χ1) is 9.69. The fourth-order valence-electron chi connectivity index (χ4n) is 1.56. The van der Waals surface area contributed by atoms with Crippen LogP contribution in [-0.2, 0) is 14.8 Å². The Labute approximate surface area is 121 Å². The highest BCUT2D eigenvalue weighted by Crippen LogP contribution is 2.20. The first-order valence-corrected chi connectivity index (χ1v) is 7.41. The van der Waals surface area contributed by atoms with Crippen LogP contribution in [0.15, 0.2) is 17.0 Å². The monoisotopic (exact) mass is 318 g/mol. The van der Waals surface area contributed by atoms with Crippen molar-refractivity contribution < 1.29 is 27.5 Å². The van der Waals surface area contributed by atoms with Crippen molar-refractivity contribution in [2.75, 3.05) is 13.6 Å². The van der Waals surface area contributed by atoms with Crippen LogP contribution in [0.25, 0.3) is 0 Å². The van der Waals surface area contributed by atoms with Gasteiger partial charge >= 0.3 is 5.97 Å². The van der Waals surface area contributed by atoms with E-state index in [2.05, 4.69) is 10.0 Å². The maximum atomic E-state index is 13.6. The summed E-state index contributed by atoms with van der Waals surface area (Å²) in [6, 6.07) is 1.63. The van der Waals surface area contributed by atoms with Gasteiger partial charge in [-0.05, 0) is 19.1 Å². The van der Waals surface area contributed by atoms with E-state index in [1.165, 1.54) is 14.0 Å². The fraction of sp³-hybridized carbons (Fsp3) is 0.333. The molecular weight excluding hydrogens is 303 g/mol. The van der Waals surface area contributed by atoms with Gasteiger partial charge in [0.25, 0.3) is 0 Å². The molecule has 9 heteroatoms. The van der Waals surface area contributed by atoms with Crippen molar-refractivity contribution >= 4 is 21.9 Å². The van der Waals surface area contributed by atoms with Crippen molar-refractivity contribution in [3.8, 4) is 0 Å². The average Bonchev–Trinajstić information content (AvgIpc) is 2.40. The van der Waals surface area contributed by atoms with Crippen LogP contribution >= 0.6 is 0 Å². The Morgan fingerprint density at radius 2 is 1.95 bits per heavy atom. The summed E-state index contributed by atoms with van der Waals surface area (Å²) in [5.74, 6) is -2.72. The molecular formula is C12H15FN2O5S. The summed E-state index contributed by atoms with van der Waals surface area (Å²) in [4.78, 5) is 21.4. The molecule has 0 radical (unpaired) electrons. The molecule has 0 aromatic heterocycles. The lowest BCUT2D eigenvalue weighted by Gasteiger charge is -2.10. The van der Waals surface area contributed by atoms with Gasteiger partial charge < -0.3 is 10.4 Å². The van der Waals surface area contributed by atoms with Gasteiger partial charge in [0.2, 0.25) is 15.9 Å². The van der Waals surface area contributed by atoms with Crippen LogP contribution in [0.3, 0.4) is 0 Å². The quantitative estimate of drug-likeness (QED) is 0.696. The molecule has 0 heterocycles. The highest BCUT2D eigenvalue weighted by atomic mass is 32.2. The number of carboxylic acids is 1. The maximum absolute atomic E-state index is 13.6. The fourth-order valence-corrected chi connectivity index (χ4v) is 2.87. The Bertz CT molecular complexity index is 672. The summed E-state index contributed by atoms with van der Waals surface area (Å²) < 4.78 is 39.8. The molecule has 0 saturated carbocycles. The summed E-state index contributed by atoms with van der Waals surface area (Å²) in [5.41, 5.74) is -0.655. The maximum Gasteiger partial charge on any atom is 0.335 e. The van der Waals surface area contributed by atoms with Crippen LogP contribution in [0.1, 0.15) is 22.3 Å². The number of carbonyl (C=O) groups excluding carboxylic acids is 1. The van der Waals surface area contributed by atoms with Crippen molar-refractivity contribution in [3.63, 3.8) is 0 Å². The van der Waals surface area contributed by atoms with Crippen molar-refractivity contribution in [1.29, 1.82) is 0 Å². The number of hydrogen-bond acceptors (Lipinski definition) is 4. The topological polar surface area (TPSA) is 113 Å². The Morgan fingerprint density at radius 1 is 1.33 bits per heavy atom. The molecule has 0 fully saturated rings. The molecule has 7 nitrogen and oxygen atoms in total. The summed E-state index contributed by atoms with van der Waals surface area (Å²) in [5, 5.41) is 11.2. The molecule has 0 bridgehead atoms. The molecule has 0 aliphatic rings. The van der Waals surface area contributed by atoms with Gasteiger partial charge in [-0.3, -0.25) is 4.79 Å². The van der Waals surface area contributed by atoms with Crippen LogP contribution in [0.4, 0.5) is 4.39 Å². The summed E-state index contributed by atoms with van der Waals surface area (Å²) in [6.07, 6.45) is -0.0874. The zero-order chi connectivity index (χ0) is 16.2. The molecule has 0 atom stereocenters. The third-order valence-electron chi connectivity index (χ3n) is 2.76. The lowest BCUT2D eigenvalue weighted by Crippen LogP contribution is -2.30. The van der Waals surface area contributed by atoms with Crippen molar-refractivity contribution in [1.82, 2.24) is 10.0 Å². The van der Waals surface area contributed by atoms with E-state index in [0.717, 1.165) is 12.1 Å². The Kier molecular flexibility index (Phi) is 5.39. The van der Waals surface area contributed by atoms with Crippen molar-refractivity contribution in [3.05, 3.63) is 29.1 Å². The third kappa shape index (κ3) is 4.23. The van der Waals surface area contributed by atoms with Gasteiger partial charge in [-0.25, -0.2) is 22.3 Å². The summed E-state index contributed by atoms with van der Waals surface area (Å²) in [7, 11) is -2.70. The number of benzene rings is 1. The zero-order valence-electron chi connectivity index (χ0n) is 11.4. The standard InChI is InChI=1S/C12H15FN2O5S/c1-7-9(13)5-8(12(17)18)6-10(7)21(19,20)15-4-3-11(16)14-2/h5-6,15H,3-4H2,1-2H3,(H,14,16)(H,17,18). The van der Waals surface area contributed by atoms with Gasteiger partial charge in [-0.1, -0.05) is 0 Å². The first kappa shape index (κ1) is 17.1. The van der Waals surface area contributed by atoms with Gasteiger partial charge in [-0.15, -0.1) is 0 Å². The molecule has 1 aromatic rings. The highest BCUT2D eigenvalue weighted by molar-refractivity contribution is 7.89. The first-order valence-electron chi connectivity index (χ1n) is 5.92. The number of halogens is 1. The number of sulfonamides is 1. The van der Waals surface area contributed by atoms with Crippen LogP contribution < -0.4 is 10.0 Å². The van der Waals surface area contributed by atoms with Gasteiger partial charge in [0, 0.05) is 25.6 Å². The number of amides is 1. The minimum absolute atomic E-state index is 0.0874. The number of carbonyl (C=O) groups is 2. The number of aromatic carboxylic acids is 1. The Balaban J connectivity index is 3.07. The number of rotatable bonds is 6. The van der Waals surface area contributed by atoms with Gasteiger partial charge in [0.15, 0.2) is 0 Å². The predicted octanol–water partition coefficient (Wildman–Crippen LogP) is 0.247. The van der Waals surface area contributed by atoms with Crippen LogP contribution in [0.2, 0.25) is 0 Å². The molecule has 21 heavy (non-hydrogen) atoms. The molecule has 0 aliphatic heterocycles. The summed E-state index contributed by atoms with van der Waals surface area (Å²) in [6.45, 7) is 1.05. The molecule has 1 amide bonds. The molecule has 0 unspecified atom stereocenters. The lowest BCUT2D eigenvalue weighted by molar-refractivity contribution is -0.120. The number of nitrogens with one attached hydrogen (secondary N) is 2. The van der Waals surface area contributed by atoms with Crippen LogP contribution in [0.5, 0.6) is 0 Å². The Hall–Kier alpha value is -2.00. The molecule has 0 saturated heterocycles. The molecule has 116 valence electrons. The third-order valence-corrected chi connectivity index (χ3v) is 4.34. The second-order valence-electron chi connectivity index (χ2n) is 4.21. The van der Waals surface area contributed by atoms with Gasteiger partial charge in [-0.2, -0.15) is 0 Å². The van der Waals surface area contributed by atoms with Crippen molar-refractivity contribution in [2.45, 2.75) is 18.2 Å². The van der Waals surface area contributed by atoms with E-state index >= 15 is 0 Å². The lowest BCUT2D eigenvalue weighted by atomic mass is 10.1. The van der Waals surface area contributed by atoms with Crippen LogP contribution in [-0.4, -0.2) is 39.0 Å². The van der Waals surface area contributed by atoms with E-state index < -0.39 is 32.3 Å². The minimum atomic E-state index is -4.11. The second-order valence-corrected chi connectivity index (χ2v) is 5.94. The minimum Gasteiger partial charge on any atom is -0.478 e. The SMILES string of the molecule is CNC(=O)CCNS(=O)(=O)c1cc(C(=O)O)cc(F)c1C. The van der Waals surface area contributed by atoms with Crippen LogP contribution in [0, 0.1) is 12.7 Å². The molecule has 1 aromatic carbocycles. The average molecular weight is 318 g/mol.